The summed E-state index contributed by atoms with van der Waals surface area (Å²) >= 11 is 6.09. The van der Waals surface area contributed by atoms with E-state index in [9.17, 15) is 9.90 Å². The molecule has 1 aliphatic heterocycles. The van der Waals surface area contributed by atoms with Crippen LogP contribution in [-0.4, -0.2) is 40.6 Å². The van der Waals surface area contributed by atoms with E-state index in [1.807, 2.05) is 6.92 Å². The SMILES string of the molecule is Cc1nn(-c2ccc3nncn3n2)c2c1C(c1ccc(O)c(Cl)c1)CC(=O)N2. The van der Waals surface area contributed by atoms with Gasteiger partial charge in [0.2, 0.25) is 5.91 Å². The second-order valence-electron chi connectivity index (χ2n) is 6.60. The Morgan fingerprint density at radius 3 is 2.93 bits per heavy atom. The molecule has 3 aromatic heterocycles. The first-order chi connectivity index (χ1) is 13.5. The van der Waals surface area contributed by atoms with Crippen LogP contribution in [0.25, 0.3) is 11.5 Å². The number of fused-ring (bicyclic) bond motifs is 2. The molecule has 0 spiro atoms. The highest BCUT2D eigenvalue weighted by Crippen LogP contribution is 2.41. The number of halogens is 1. The van der Waals surface area contributed by atoms with Crippen LogP contribution in [0.3, 0.4) is 0 Å². The summed E-state index contributed by atoms with van der Waals surface area (Å²) in [5, 5.41) is 29.7. The van der Waals surface area contributed by atoms with Gasteiger partial charge >= 0.3 is 0 Å². The molecule has 10 heteroatoms. The molecule has 0 radical (unpaired) electrons. The Bertz CT molecular complexity index is 1250. The van der Waals surface area contributed by atoms with Crippen molar-refractivity contribution in [3.63, 3.8) is 0 Å². The fourth-order valence-electron chi connectivity index (χ4n) is 3.57. The van der Waals surface area contributed by atoms with E-state index in [2.05, 4.69) is 25.7 Å². The van der Waals surface area contributed by atoms with Crippen LogP contribution in [0.2, 0.25) is 5.02 Å². The smallest absolute Gasteiger partial charge is 0.226 e. The van der Waals surface area contributed by atoms with Crippen LogP contribution in [0.1, 0.15) is 29.2 Å². The van der Waals surface area contributed by atoms with Gasteiger partial charge < -0.3 is 10.4 Å². The molecule has 4 heterocycles. The van der Waals surface area contributed by atoms with E-state index in [1.165, 1.54) is 12.4 Å². The number of anilines is 1. The molecule has 2 N–H and O–H groups in total. The number of carbonyl (C=O) groups excluding carboxylic acids is 1. The van der Waals surface area contributed by atoms with Gasteiger partial charge in [0.1, 0.15) is 17.9 Å². The predicted octanol–water partition coefficient (Wildman–Crippen LogP) is 2.45. The molecule has 0 bridgehead atoms. The summed E-state index contributed by atoms with van der Waals surface area (Å²) in [7, 11) is 0. The number of nitrogens with one attached hydrogen (secondary N) is 1. The number of hydrogen-bond acceptors (Lipinski definition) is 6. The van der Waals surface area contributed by atoms with E-state index in [-0.39, 0.29) is 29.0 Å². The summed E-state index contributed by atoms with van der Waals surface area (Å²) in [5.41, 5.74) is 3.12. The van der Waals surface area contributed by atoms with E-state index in [0.717, 1.165) is 16.8 Å². The quantitative estimate of drug-likeness (QED) is 0.539. The van der Waals surface area contributed by atoms with Crippen molar-refractivity contribution in [2.75, 3.05) is 5.32 Å². The van der Waals surface area contributed by atoms with Gasteiger partial charge in [0.15, 0.2) is 11.5 Å². The molecule has 0 aliphatic carbocycles. The van der Waals surface area contributed by atoms with Crippen molar-refractivity contribution in [3.8, 4) is 11.6 Å². The van der Waals surface area contributed by atoms with Crippen molar-refractivity contribution in [3.05, 3.63) is 58.5 Å². The third kappa shape index (κ3) is 2.51. The lowest BCUT2D eigenvalue weighted by Gasteiger charge is -2.24. The van der Waals surface area contributed by atoms with Crippen LogP contribution in [0.15, 0.2) is 36.7 Å². The van der Waals surface area contributed by atoms with Gasteiger partial charge in [-0.2, -0.15) is 14.3 Å². The first-order valence-corrected chi connectivity index (χ1v) is 8.94. The normalized spacial score (nSPS) is 16.2. The summed E-state index contributed by atoms with van der Waals surface area (Å²) in [6.07, 6.45) is 1.76. The second-order valence-corrected chi connectivity index (χ2v) is 7.01. The minimum atomic E-state index is -0.228. The van der Waals surface area contributed by atoms with Gasteiger partial charge in [-0.05, 0) is 36.8 Å². The lowest BCUT2D eigenvalue weighted by molar-refractivity contribution is -0.116. The Kier molecular flexibility index (Phi) is 3.59. The van der Waals surface area contributed by atoms with Gasteiger partial charge in [-0.3, -0.25) is 4.79 Å². The molecular formula is C18H14ClN7O2. The highest BCUT2D eigenvalue weighted by atomic mass is 35.5. The first-order valence-electron chi connectivity index (χ1n) is 8.56. The third-order valence-corrected chi connectivity index (χ3v) is 5.14. The summed E-state index contributed by atoms with van der Waals surface area (Å²) < 4.78 is 3.15. The van der Waals surface area contributed by atoms with Crippen molar-refractivity contribution < 1.29 is 9.90 Å². The van der Waals surface area contributed by atoms with E-state index in [4.69, 9.17) is 11.6 Å². The zero-order chi connectivity index (χ0) is 19.4. The average molecular weight is 396 g/mol. The van der Waals surface area contributed by atoms with Crippen molar-refractivity contribution in [1.29, 1.82) is 0 Å². The number of aromatic hydroxyl groups is 1. The highest BCUT2D eigenvalue weighted by molar-refractivity contribution is 6.32. The molecule has 0 saturated carbocycles. The van der Waals surface area contributed by atoms with Crippen molar-refractivity contribution in [2.24, 2.45) is 0 Å². The van der Waals surface area contributed by atoms with E-state index < -0.39 is 0 Å². The number of nitrogens with zero attached hydrogens (tertiary/aromatic N) is 6. The van der Waals surface area contributed by atoms with Crippen LogP contribution >= 0.6 is 11.6 Å². The van der Waals surface area contributed by atoms with E-state index in [1.54, 1.807) is 33.5 Å². The molecule has 1 unspecified atom stereocenters. The number of carbonyl (C=O) groups is 1. The Hall–Kier alpha value is -3.46. The maximum absolute atomic E-state index is 12.4. The van der Waals surface area contributed by atoms with Crippen molar-refractivity contribution >= 4 is 29.0 Å². The standard InChI is InChI=1S/C18H14ClN7O2/c1-9-17-11(10-2-3-13(27)12(19)6-10)7-16(28)21-18(17)26(23-9)15-5-4-14-22-20-8-25(14)24-15/h2-6,8,11,27H,7H2,1H3,(H,21,28). The number of aryl methyl sites for hydroxylation is 1. The van der Waals surface area contributed by atoms with Gasteiger partial charge in [-0.1, -0.05) is 17.7 Å². The fourth-order valence-corrected chi connectivity index (χ4v) is 3.76. The number of hydrogen-bond donors (Lipinski definition) is 2. The van der Waals surface area contributed by atoms with Crippen LogP contribution < -0.4 is 5.32 Å². The number of rotatable bonds is 2. The Morgan fingerprint density at radius 1 is 1.25 bits per heavy atom. The molecule has 28 heavy (non-hydrogen) atoms. The molecule has 1 amide bonds. The number of benzene rings is 1. The molecule has 0 saturated heterocycles. The number of phenolic OH excluding ortho intramolecular Hbond substituents is 1. The lowest BCUT2D eigenvalue weighted by atomic mass is 9.86. The molecule has 1 aromatic carbocycles. The molecular weight excluding hydrogens is 382 g/mol. The predicted molar refractivity (Wildman–Crippen MR) is 101 cm³/mol. The molecule has 4 aromatic rings. The van der Waals surface area contributed by atoms with Crippen LogP contribution in [0.5, 0.6) is 5.75 Å². The van der Waals surface area contributed by atoms with Gasteiger partial charge in [0.25, 0.3) is 0 Å². The highest BCUT2D eigenvalue weighted by Gasteiger charge is 2.33. The van der Waals surface area contributed by atoms with Crippen LogP contribution in [0, 0.1) is 6.92 Å². The zero-order valence-corrected chi connectivity index (χ0v) is 15.4. The van der Waals surface area contributed by atoms with E-state index in [0.29, 0.717) is 17.3 Å². The monoisotopic (exact) mass is 395 g/mol. The fraction of sp³-hybridized carbons (Fsp3) is 0.167. The number of phenols is 1. The van der Waals surface area contributed by atoms with Gasteiger partial charge in [-0.15, -0.1) is 15.3 Å². The van der Waals surface area contributed by atoms with Crippen LogP contribution in [-0.2, 0) is 4.79 Å². The molecule has 9 nitrogen and oxygen atoms in total. The summed E-state index contributed by atoms with van der Waals surface area (Å²) in [6.45, 7) is 1.89. The Morgan fingerprint density at radius 2 is 2.11 bits per heavy atom. The number of aromatic nitrogens is 6. The minimum Gasteiger partial charge on any atom is -0.506 e. The first kappa shape index (κ1) is 16.7. The molecule has 140 valence electrons. The second kappa shape index (κ2) is 6.03. The molecule has 5 rings (SSSR count). The Labute approximate surface area is 163 Å². The summed E-state index contributed by atoms with van der Waals surface area (Å²) in [4.78, 5) is 12.4. The molecule has 1 atom stereocenters. The van der Waals surface area contributed by atoms with Gasteiger partial charge in [-0.25, -0.2) is 0 Å². The van der Waals surface area contributed by atoms with Gasteiger partial charge in [0.05, 0.1) is 10.7 Å². The van der Waals surface area contributed by atoms with Crippen molar-refractivity contribution in [1.82, 2.24) is 29.6 Å². The van der Waals surface area contributed by atoms with Gasteiger partial charge in [0, 0.05) is 17.9 Å². The average Bonchev–Trinajstić information content (AvgIpc) is 3.27. The zero-order valence-electron chi connectivity index (χ0n) is 14.7. The molecule has 1 aliphatic rings. The topological polar surface area (TPSA) is 110 Å². The maximum atomic E-state index is 12.4. The largest absolute Gasteiger partial charge is 0.506 e. The summed E-state index contributed by atoms with van der Waals surface area (Å²) in [5.74, 6) is 0.747. The van der Waals surface area contributed by atoms with Crippen LogP contribution in [0.4, 0.5) is 5.82 Å². The summed E-state index contributed by atoms with van der Waals surface area (Å²) in [6, 6.07) is 8.53. The lowest BCUT2D eigenvalue weighted by Crippen LogP contribution is -2.25. The third-order valence-electron chi connectivity index (χ3n) is 4.84. The number of amides is 1. The Balaban J connectivity index is 1.67. The minimum absolute atomic E-state index is 0.00441. The molecule has 0 fully saturated rings. The van der Waals surface area contributed by atoms with E-state index >= 15 is 0 Å². The maximum Gasteiger partial charge on any atom is 0.226 e. The van der Waals surface area contributed by atoms with Crippen molar-refractivity contribution in [2.45, 2.75) is 19.3 Å².